The quantitative estimate of drug-likeness (QED) is 0.756. The molecular weight excluding hydrogens is 192 g/mol. The number of anilines is 1. The van der Waals surface area contributed by atoms with Crippen LogP contribution >= 0.6 is 0 Å². The van der Waals surface area contributed by atoms with E-state index in [0.29, 0.717) is 0 Å². The molecule has 2 heterocycles. The minimum atomic E-state index is -0.937. The first-order valence-corrected chi connectivity index (χ1v) is 4.88. The van der Waals surface area contributed by atoms with Gasteiger partial charge in [-0.3, -0.25) is 0 Å². The van der Waals surface area contributed by atoms with Gasteiger partial charge in [0, 0.05) is 30.9 Å². The Labute approximate surface area is 87.9 Å². The number of rotatable bonds is 3. The van der Waals surface area contributed by atoms with E-state index >= 15 is 0 Å². The first-order valence-electron chi connectivity index (χ1n) is 4.88. The van der Waals surface area contributed by atoms with Crippen LogP contribution in [0.4, 0.5) is 5.82 Å². The minimum absolute atomic E-state index is 0.861. The Kier molecular flexibility index (Phi) is 2.67. The fourth-order valence-electron chi connectivity index (χ4n) is 1.49. The highest BCUT2D eigenvalue weighted by Crippen LogP contribution is 2.22. The molecule has 0 amide bonds. The van der Waals surface area contributed by atoms with E-state index in [9.17, 15) is 4.79 Å². The Bertz CT molecular complexity index is 397. The lowest BCUT2D eigenvalue weighted by Crippen LogP contribution is -2.38. The molecular formula is C11H12N2O2. The molecule has 0 saturated carbocycles. The summed E-state index contributed by atoms with van der Waals surface area (Å²) >= 11 is 0. The van der Waals surface area contributed by atoms with Crippen LogP contribution in [-0.2, 0) is 4.79 Å². The van der Waals surface area contributed by atoms with Crippen molar-refractivity contribution in [3.05, 3.63) is 30.0 Å². The lowest BCUT2D eigenvalue weighted by Gasteiger charge is -2.33. The van der Waals surface area contributed by atoms with Gasteiger partial charge in [-0.15, -0.1) is 0 Å². The summed E-state index contributed by atoms with van der Waals surface area (Å²) in [6.45, 7) is 2.01. The Morgan fingerprint density at radius 1 is 1.53 bits per heavy atom. The fraction of sp³-hybridized carbons (Fsp3) is 0.273. The van der Waals surface area contributed by atoms with Gasteiger partial charge < -0.3 is 10.0 Å². The largest absolute Gasteiger partial charge is 0.478 e. The molecule has 1 saturated heterocycles. The van der Waals surface area contributed by atoms with Gasteiger partial charge in [0.25, 0.3) is 0 Å². The molecule has 0 unspecified atom stereocenters. The molecule has 1 aromatic rings. The number of carboxylic acid groups (broad SMARTS) is 1. The van der Waals surface area contributed by atoms with Crippen LogP contribution in [0, 0.1) is 0 Å². The van der Waals surface area contributed by atoms with E-state index in [2.05, 4.69) is 9.88 Å². The highest BCUT2D eigenvalue weighted by atomic mass is 16.4. The van der Waals surface area contributed by atoms with E-state index in [0.717, 1.165) is 30.5 Å². The number of carboxylic acids is 1. The maximum Gasteiger partial charge on any atom is 0.328 e. The molecule has 0 spiro atoms. The second kappa shape index (κ2) is 4.13. The van der Waals surface area contributed by atoms with Crippen molar-refractivity contribution < 1.29 is 9.90 Å². The van der Waals surface area contributed by atoms with Crippen molar-refractivity contribution in [2.45, 2.75) is 6.42 Å². The van der Waals surface area contributed by atoms with Gasteiger partial charge in [0.1, 0.15) is 5.82 Å². The Morgan fingerprint density at radius 3 is 2.93 bits per heavy atom. The predicted octanol–water partition coefficient (Wildman–Crippen LogP) is 1.39. The summed E-state index contributed by atoms with van der Waals surface area (Å²) in [5.41, 5.74) is 0.861. The standard InChI is InChI=1S/C11H12N2O2/c14-10(15)5-4-9-3-1-6-12-11(9)13-7-2-8-13/h1,3-6H,2,7-8H2,(H,14,15)/b5-4+. The van der Waals surface area contributed by atoms with E-state index in [1.54, 1.807) is 12.3 Å². The maximum atomic E-state index is 10.4. The van der Waals surface area contributed by atoms with Crippen LogP contribution < -0.4 is 4.90 Å². The minimum Gasteiger partial charge on any atom is -0.478 e. The van der Waals surface area contributed by atoms with Crippen molar-refractivity contribution in [3.63, 3.8) is 0 Å². The number of hydrogen-bond acceptors (Lipinski definition) is 3. The second-order valence-corrected chi connectivity index (χ2v) is 3.43. The number of hydrogen-bond donors (Lipinski definition) is 1. The number of aliphatic carboxylic acids is 1. The molecule has 1 fully saturated rings. The Balaban J connectivity index is 2.25. The second-order valence-electron chi connectivity index (χ2n) is 3.43. The van der Waals surface area contributed by atoms with Gasteiger partial charge in [-0.05, 0) is 24.6 Å². The van der Waals surface area contributed by atoms with Gasteiger partial charge in [-0.1, -0.05) is 0 Å². The molecule has 1 aromatic heterocycles. The number of carbonyl (C=O) groups is 1. The van der Waals surface area contributed by atoms with E-state index in [1.807, 2.05) is 12.1 Å². The third kappa shape index (κ3) is 2.15. The van der Waals surface area contributed by atoms with Crippen LogP contribution in [0.25, 0.3) is 6.08 Å². The highest BCUT2D eigenvalue weighted by Gasteiger charge is 2.17. The van der Waals surface area contributed by atoms with E-state index in [1.165, 1.54) is 6.42 Å². The molecule has 78 valence electrons. The van der Waals surface area contributed by atoms with Crippen LogP contribution in [0.2, 0.25) is 0 Å². The lowest BCUT2D eigenvalue weighted by molar-refractivity contribution is -0.131. The summed E-state index contributed by atoms with van der Waals surface area (Å²) in [5.74, 6) is -0.0605. The summed E-state index contributed by atoms with van der Waals surface area (Å²) in [5, 5.41) is 8.55. The third-order valence-electron chi connectivity index (χ3n) is 2.38. The SMILES string of the molecule is O=C(O)/C=C/c1cccnc1N1CCC1. The molecule has 0 aliphatic carbocycles. The molecule has 0 bridgehead atoms. The molecule has 1 N–H and O–H groups in total. The van der Waals surface area contributed by atoms with Crippen molar-refractivity contribution in [3.8, 4) is 0 Å². The van der Waals surface area contributed by atoms with Crippen molar-refractivity contribution in [1.29, 1.82) is 0 Å². The highest BCUT2D eigenvalue weighted by molar-refractivity contribution is 5.86. The summed E-state index contributed by atoms with van der Waals surface area (Å²) in [7, 11) is 0. The summed E-state index contributed by atoms with van der Waals surface area (Å²) in [4.78, 5) is 16.8. The Hall–Kier alpha value is -1.84. The van der Waals surface area contributed by atoms with Crippen LogP contribution in [0.15, 0.2) is 24.4 Å². The third-order valence-corrected chi connectivity index (χ3v) is 2.38. The van der Waals surface area contributed by atoms with Crippen molar-refractivity contribution in [2.75, 3.05) is 18.0 Å². The van der Waals surface area contributed by atoms with Gasteiger partial charge >= 0.3 is 5.97 Å². The monoisotopic (exact) mass is 204 g/mol. The van der Waals surface area contributed by atoms with Crippen molar-refractivity contribution in [2.24, 2.45) is 0 Å². The van der Waals surface area contributed by atoms with Crippen molar-refractivity contribution in [1.82, 2.24) is 4.98 Å². The van der Waals surface area contributed by atoms with Gasteiger partial charge in [0.05, 0.1) is 0 Å². The molecule has 2 rings (SSSR count). The van der Waals surface area contributed by atoms with E-state index in [-0.39, 0.29) is 0 Å². The normalized spacial score (nSPS) is 15.3. The van der Waals surface area contributed by atoms with Crippen LogP contribution in [0.3, 0.4) is 0 Å². The summed E-state index contributed by atoms with van der Waals surface area (Å²) < 4.78 is 0. The molecule has 1 aliphatic heterocycles. The van der Waals surface area contributed by atoms with Gasteiger partial charge in [0.2, 0.25) is 0 Å². The van der Waals surface area contributed by atoms with Gasteiger partial charge in [-0.25, -0.2) is 9.78 Å². The maximum absolute atomic E-state index is 10.4. The van der Waals surface area contributed by atoms with Gasteiger partial charge in [0.15, 0.2) is 0 Å². The van der Waals surface area contributed by atoms with E-state index < -0.39 is 5.97 Å². The molecule has 15 heavy (non-hydrogen) atoms. The predicted molar refractivity (Wildman–Crippen MR) is 57.7 cm³/mol. The van der Waals surface area contributed by atoms with Crippen LogP contribution in [-0.4, -0.2) is 29.1 Å². The number of pyridine rings is 1. The number of aromatic nitrogens is 1. The molecule has 0 radical (unpaired) electrons. The molecule has 0 aromatic carbocycles. The topological polar surface area (TPSA) is 53.4 Å². The fourth-order valence-corrected chi connectivity index (χ4v) is 1.49. The summed E-state index contributed by atoms with van der Waals surface area (Å²) in [6.07, 6.45) is 5.63. The van der Waals surface area contributed by atoms with Crippen molar-refractivity contribution >= 4 is 17.9 Å². The molecule has 0 atom stereocenters. The number of nitrogens with zero attached hydrogens (tertiary/aromatic N) is 2. The smallest absolute Gasteiger partial charge is 0.328 e. The zero-order chi connectivity index (χ0) is 10.7. The molecule has 4 nitrogen and oxygen atoms in total. The lowest BCUT2D eigenvalue weighted by atomic mass is 10.1. The average Bonchev–Trinajstić information content (AvgIpc) is 2.14. The Morgan fingerprint density at radius 2 is 2.33 bits per heavy atom. The van der Waals surface area contributed by atoms with Crippen LogP contribution in [0.5, 0.6) is 0 Å². The van der Waals surface area contributed by atoms with Crippen LogP contribution in [0.1, 0.15) is 12.0 Å². The zero-order valence-corrected chi connectivity index (χ0v) is 8.26. The average molecular weight is 204 g/mol. The summed E-state index contributed by atoms with van der Waals surface area (Å²) in [6, 6.07) is 3.69. The first-order chi connectivity index (χ1) is 7.27. The van der Waals surface area contributed by atoms with E-state index in [4.69, 9.17) is 5.11 Å². The first kappa shape index (κ1) is 9.71. The molecule has 1 aliphatic rings. The van der Waals surface area contributed by atoms with Gasteiger partial charge in [-0.2, -0.15) is 0 Å². The zero-order valence-electron chi connectivity index (χ0n) is 8.26. The molecule has 4 heteroatoms.